The third-order valence-corrected chi connectivity index (χ3v) is 4.15. The molecule has 3 rings (SSSR count). The highest BCUT2D eigenvalue weighted by molar-refractivity contribution is 5.80. The highest BCUT2D eigenvalue weighted by Crippen LogP contribution is 2.19. The first-order chi connectivity index (χ1) is 12.1. The zero-order valence-electron chi connectivity index (χ0n) is 14.3. The fourth-order valence-corrected chi connectivity index (χ4v) is 2.81. The van der Waals surface area contributed by atoms with Crippen molar-refractivity contribution in [2.45, 2.75) is 25.7 Å². The summed E-state index contributed by atoms with van der Waals surface area (Å²) in [6, 6.07) is 5.09. The number of ether oxygens (including phenoxy) is 3. The lowest BCUT2D eigenvalue weighted by Crippen LogP contribution is -2.36. The van der Waals surface area contributed by atoms with E-state index in [1.54, 1.807) is 22.8 Å². The second-order valence-electron chi connectivity index (χ2n) is 5.76. The van der Waals surface area contributed by atoms with Crippen molar-refractivity contribution in [3.05, 3.63) is 34.4 Å². The van der Waals surface area contributed by atoms with Gasteiger partial charge in [-0.05, 0) is 24.6 Å². The van der Waals surface area contributed by atoms with E-state index in [1.807, 2.05) is 0 Å². The fraction of sp³-hybridized carbons (Fsp3) is 0.471. The van der Waals surface area contributed by atoms with Crippen LogP contribution in [0.1, 0.15) is 12.2 Å². The number of carbonyl (C=O) groups is 1. The van der Waals surface area contributed by atoms with Crippen molar-refractivity contribution in [2.75, 3.05) is 27.4 Å². The molecule has 0 radical (unpaired) electrons. The maximum atomic E-state index is 12.5. The summed E-state index contributed by atoms with van der Waals surface area (Å²) < 4.78 is 17.2. The first-order valence-electron chi connectivity index (χ1n) is 8.11. The maximum absolute atomic E-state index is 12.5. The van der Waals surface area contributed by atoms with Crippen molar-refractivity contribution >= 4 is 16.8 Å². The van der Waals surface area contributed by atoms with E-state index in [1.165, 1.54) is 14.2 Å². The summed E-state index contributed by atoms with van der Waals surface area (Å²) in [5.74, 6) is 0.981. The molecule has 0 aliphatic carbocycles. The van der Waals surface area contributed by atoms with Gasteiger partial charge in [-0.1, -0.05) is 0 Å². The molecule has 1 amide bonds. The molecule has 8 heteroatoms. The Morgan fingerprint density at radius 1 is 1.36 bits per heavy atom. The fourth-order valence-electron chi connectivity index (χ4n) is 2.81. The average molecular weight is 347 g/mol. The van der Waals surface area contributed by atoms with Gasteiger partial charge in [0.15, 0.2) is 12.9 Å². The van der Waals surface area contributed by atoms with Crippen LogP contribution in [-0.2, 0) is 27.2 Å². The number of aromatic nitrogens is 2. The Morgan fingerprint density at radius 2 is 2.16 bits per heavy atom. The van der Waals surface area contributed by atoms with Crippen LogP contribution in [0.4, 0.5) is 0 Å². The van der Waals surface area contributed by atoms with Crippen molar-refractivity contribution in [1.82, 2.24) is 14.9 Å². The molecule has 0 atom stereocenters. The largest absolute Gasteiger partial charge is 0.484 e. The van der Waals surface area contributed by atoms with E-state index in [0.717, 1.165) is 18.7 Å². The van der Waals surface area contributed by atoms with Gasteiger partial charge in [-0.25, -0.2) is 4.98 Å². The van der Waals surface area contributed by atoms with E-state index in [9.17, 15) is 9.59 Å². The average Bonchev–Trinajstić information content (AvgIpc) is 3.10. The third-order valence-electron chi connectivity index (χ3n) is 4.15. The van der Waals surface area contributed by atoms with E-state index in [4.69, 9.17) is 14.2 Å². The number of amides is 1. The maximum Gasteiger partial charge on any atom is 0.261 e. The molecule has 1 aliphatic heterocycles. The van der Waals surface area contributed by atoms with Crippen LogP contribution in [0.15, 0.2) is 23.0 Å². The predicted octanol–water partition coefficient (Wildman–Crippen LogP) is 0.457. The van der Waals surface area contributed by atoms with Crippen LogP contribution in [0.2, 0.25) is 0 Å². The summed E-state index contributed by atoms with van der Waals surface area (Å²) in [5, 5.41) is 3.15. The van der Waals surface area contributed by atoms with E-state index in [2.05, 4.69) is 10.3 Å². The summed E-state index contributed by atoms with van der Waals surface area (Å²) in [5.41, 5.74) is 0.591. The first kappa shape index (κ1) is 17.4. The van der Waals surface area contributed by atoms with Gasteiger partial charge in [0.2, 0.25) is 0 Å². The number of fused-ring (bicyclic) bond motifs is 2. The van der Waals surface area contributed by atoms with Gasteiger partial charge in [0.05, 0.1) is 17.4 Å². The standard InChI is InChI=1S/C17H21N3O5/c1-23-16(24-2)9-18-15(21)10-25-11-5-6-13-12(8-11)17(22)20-7-3-4-14(20)19-13/h5-6,8,16H,3-4,7,9-10H2,1-2H3,(H,18,21). The van der Waals surface area contributed by atoms with Crippen LogP contribution in [0.25, 0.3) is 10.9 Å². The molecule has 1 aromatic carbocycles. The van der Waals surface area contributed by atoms with Crippen molar-refractivity contribution in [2.24, 2.45) is 0 Å². The molecule has 0 saturated carbocycles. The van der Waals surface area contributed by atoms with Crippen LogP contribution in [0, 0.1) is 0 Å². The smallest absolute Gasteiger partial charge is 0.261 e. The van der Waals surface area contributed by atoms with Crippen molar-refractivity contribution in [1.29, 1.82) is 0 Å². The first-order valence-corrected chi connectivity index (χ1v) is 8.11. The minimum absolute atomic E-state index is 0.0598. The molecule has 8 nitrogen and oxygen atoms in total. The summed E-state index contributed by atoms with van der Waals surface area (Å²) in [6.45, 7) is 0.764. The summed E-state index contributed by atoms with van der Waals surface area (Å²) in [7, 11) is 2.99. The number of hydrogen-bond donors (Lipinski definition) is 1. The number of carbonyl (C=O) groups excluding carboxylic acids is 1. The molecule has 0 spiro atoms. The van der Waals surface area contributed by atoms with Crippen molar-refractivity contribution in [3.63, 3.8) is 0 Å². The zero-order chi connectivity index (χ0) is 17.8. The Kier molecular flexibility index (Phi) is 5.30. The Labute approximate surface area is 144 Å². The molecule has 1 aliphatic rings. The second kappa shape index (κ2) is 7.62. The van der Waals surface area contributed by atoms with E-state index in [0.29, 0.717) is 23.2 Å². The molecular weight excluding hydrogens is 326 g/mol. The molecule has 0 bridgehead atoms. The molecule has 2 aromatic rings. The molecule has 0 unspecified atom stereocenters. The number of methoxy groups -OCH3 is 2. The van der Waals surface area contributed by atoms with Gasteiger partial charge in [0.25, 0.3) is 11.5 Å². The van der Waals surface area contributed by atoms with Gasteiger partial charge < -0.3 is 19.5 Å². The number of aryl methyl sites for hydroxylation is 1. The molecular formula is C17H21N3O5. The van der Waals surface area contributed by atoms with E-state index < -0.39 is 6.29 Å². The lowest BCUT2D eigenvalue weighted by molar-refractivity contribution is -0.129. The zero-order valence-corrected chi connectivity index (χ0v) is 14.3. The monoisotopic (exact) mass is 347 g/mol. The van der Waals surface area contributed by atoms with Crippen molar-refractivity contribution < 1.29 is 19.0 Å². The molecule has 134 valence electrons. The summed E-state index contributed by atoms with van der Waals surface area (Å²) in [4.78, 5) is 28.8. The molecule has 2 heterocycles. The van der Waals surface area contributed by atoms with Gasteiger partial charge in [0, 0.05) is 27.2 Å². The Bertz CT molecular complexity index is 829. The van der Waals surface area contributed by atoms with Crippen LogP contribution in [0.3, 0.4) is 0 Å². The Balaban J connectivity index is 1.66. The van der Waals surface area contributed by atoms with Gasteiger partial charge in [-0.3, -0.25) is 14.2 Å². The Morgan fingerprint density at radius 3 is 2.92 bits per heavy atom. The normalized spacial score (nSPS) is 13.2. The minimum atomic E-state index is -0.502. The highest BCUT2D eigenvalue weighted by atomic mass is 16.7. The number of benzene rings is 1. The van der Waals surface area contributed by atoms with Gasteiger partial charge in [-0.2, -0.15) is 0 Å². The molecule has 0 saturated heterocycles. The number of nitrogens with one attached hydrogen (secondary N) is 1. The van der Waals surface area contributed by atoms with Crippen LogP contribution in [-0.4, -0.2) is 49.1 Å². The third kappa shape index (κ3) is 3.80. The minimum Gasteiger partial charge on any atom is -0.484 e. The topological polar surface area (TPSA) is 91.7 Å². The van der Waals surface area contributed by atoms with Gasteiger partial charge >= 0.3 is 0 Å². The van der Waals surface area contributed by atoms with Crippen LogP contribution in [0.5, 0.6) is 5.75 Å². The molecule has 1 aromatic heterocycles. The van der Waals surface area contributed by atoms with Gasteiger partial charge in [-0.15, -0.1) is 0 Å². The number of rotatable bonds is 7. The van der Waals surface area contributed by atoms with Crippen molar-refractivity contribution in [3.8, 4) is 5.75 Å². The van der Waals surface area contributed by atoms with Crippen LogP contribution < -0.4 is 15.6 Å². The highest BCUT2D eigenvalue weighted by Gasteiger charge is 2.16. The molecule has 25 heavy (non-hydrogen) atoms. The number of nitrogens with zero attached hydrogens (tertiary/aromatic N) is 2. The lowest BCUT2D eigenvalue weighted by atomic mass is 10.2. The Hall–Kier alpha value is -2.45. The van der Waals surface area contributed by atoms with E-state index in [-0.39, 0.29) is 24.6 Å². The lowest BCUT2D eigenvalue weighted by Gasteiger charge is -2.14. The summed E-state index contributed by atoms with van der Waals surface area (Å²) in [6.07, 6.45) is 1.26. The second-order valence-corrected chi connectivity index (χ2v) is 5.76. The van der Waals surface area contributed by atoms with E-state index >= 15 is 0 Å². The molecule has 1 N–H and O–H groups in total. The SMILES string of the molecule is COC(CNC(=O)COc1ccc2nc3n(c(=O)c2c1)CCC3)OC. The predicted molar refractivity (Wildman–Crippen MR) is 90.6 cm³/mol. The summed E-state index contributed by atoms with van der Waals surface area (Å²) >= 11 is 0. The molecule has 0 fully saturated rings. The number of hydrogen-bond acceptors (Lipinski definition) is 6. The van der Waals surface area contributed by atoms with Crippen LogP contribution >= 0.6 is 0 Å². The van der Waals surface area contributed by atoms with Gasteiger partial charge in [0.1, 0.15) is 11.6 Å². The quantitative estimate of drug-likeness (QED) is 0.732.